The topological polar surface area (TPSA) is 79.4 Å². The van der Waals surface area contributed by atoms with Crippen molar-refractivity contribution in [2.75, 3.05) is 14.1 Å². The Morgan fingerprint density at radius 1 is 1.19 bits per heavy atom. The van der Waals surface area contributed by atoms with E-state index >= 15 is 0 Å². The second kappa shape index (κ2) is 9.16. The number of sulfonamides is 1. The molecule has 0 aliphatic rings. The lowest BCUT2D eigenvalue weighted by molar-refractivity contribution is -0.120. The minimum Gasteiger partial charge on any atom is -0.351 e. The first-order valence-electron chi connectivity index (χ1n) is 8.21. The summed E-state index contributed by atoms with van der Waals surface area (Å²) in [5.74, 6) is -0.0619. The number of carbonyl (C=O) groups is 1. The molecule has 0 saturated heterocycles. The maximum absolute atomic E-state index is 12.4. The Morgan fingerprint density at radius 3 is 2.42 bits per heavy atom. The van der Waals surface area contributed by atoms with Crippen molar-refractivity contribution in [3.63, 3.8) is 0 Å². The summed E-state index contributed by atoms with van der Waals surface area (Å²) in [5, 5.41) is 3.26. The van der Waals surface area contributed by atoms with Gasteiger partial charge in [-0.05, 0) is 24.1 Å². The molecule has 1 atom stereocenters. The van der Waals surface area contributed by atoms with E-state index < -0.39 is 10.0 Å². The summed E-state index contributed by atoms with van der Waals surface area (Å²) >= 11 is 1.33. The van der Waals surface area contributed by atoms with E-state index in [-0.39, 0.29) is 16.1 Å². The molecule has 0 aliphatic carbocycles. The molecular weight excluding hydrogens is 370 g/mol. The SMILES string of the molecule is CC[C@@H](Sc1ccc(S(=O)(=O)N(C)C)cn1)C(=O)NCc1ccccc1. The molecule has 1 aromatic carbocycles. The Kier molecular flexibility index (Phi) is 7.19. The van der Waals surface area contributed by atoms with Gasteiger partial charge in [0.15, 0.2) is 0 Å². The lowest BCUT2D eigenvalue weighted by Crippen LogP contribution is -2.31. The van der Waals surface area contributed by atoms with Gasteiger partial charge >= 0.3 is 0 Å². The third kappa shape index (κ3) is 5.30. The molecule has 0 aliphatic heterocycles. The van der Waals surface area contributed by atoms with Crippen LogP contribution in [0.25, 0.3) is 0 Å². The fourth-order valence-electron chi connectivity index (χ4n) is 2.17. The van der Waals surface area contributed by atoms with Crippen LogP contribution in [-0.2, 0) is 21.4 Å². The molecule has 8 heteroatoms. The van der Waals surface area contributed by atoms with Gasteiger partial charge in [0.05, 0.1) is 10.3 Å². The van der Waals surface area contributed by atoms with E-state index in [9.17, 15) is 13.2 Å². The first-order valence-corrected chi connectivity index (χ1v) is 10.5. The van der Waals surface area contributed by atoms with E-state index in [1.165, 1.54) is 38.1 Å². The molecule has 2 rings (SSSR count). The molecule has 1 N–H and O–H groups in total. The van der Waals surface area contributed by atoms with Gasteiger partial charge in [0.1, 0.15) is 4.90 Å². The van der Waals surface area contributed by atoms with E-state index in [1.807, 2.05) is 37.3 Å². The summed E-state index contributed by atoms with van der Waals surface area (Å²) in [7, 11) is -0.552. The average molecular weight is 394 g/mol. The third-order valence-electron chi connectivity index (χ3n) is 3.72. The van der Waals surface area contributed by atoms with Crippen LogP contribution >= 0.6 is 11.8 Å². The van der Waals surface area contributed by atoms with Crippen molar-refractivity contribution in [2.24, 2.45) is 0 Å². The highest BCUT2D eigenvalue weighted by Crippen LogP contribution is 2.25. The highest BCUT2D eigenvalue weighted by atomic mass is 32.2. The highest BCUT2D eigenvalue weighted by Gasteiger charge is 2.20. The number of hydrogen-bond acceptors (Lipinski definition) is 5. The maximum Gasteiger partial charge on any atom is 0.244 e. The van der Waals surface area contributed by atoms with Crippen LogP contribution in [0.4, 0.5) is 0 Å². The number of nitrogens with zero attached hydrogens (tertiary/aromatic N) is 2. The Bertz CT molecular complexity index is 823. The number of amides is 1. The van der Waals surface area contributed by atoms with E-state index in [1.54, 1.807) is 6.07 Å². The number of carbonyl (C=O) groups excluding carboxylic acids is 1. The molecule has 26 heavy (non-hydrogen) atoms. The van der Waals surface area contributed by atoms with Crippen molar-refractivity contribution in [3.05, 3.63) is 54.2 Å². The fraction of sp³-hybridized carbons (Fsp3) is 0.333. The molecule has 0 radical (unpaired) electrons. The van der Waals surface area contributed by atoms with Crippen molar-refractivity contribution < 1.29 is 13.2 Å². The Morgan fingerprint density at radius 2 is 1.88 bits per heavy atom. The summed E-state index contributed by atoms with van der Waals surface area (Å²) < 4.78 is 25.3. The van der Waals surface area contributed by atoms with Crippen molar-refractivity contribution in [1.29, 1.82) is 0 Å². The van der Waals surface area contributed by atoms with Crippen molar-refractivity contribution >= 4 is 27.7 Å². The van der Waals surface area contributed by atoms with Crippen molar-refractivity contribution in [1.82, 2.24) is 14.6 Å². The molecule has 0 fully saturated rings. The molecule has 0 bridgehead atoms. The number of pyridine rings is 1. The summed E-state index contributed by atoms with van der Waals surface area (Å²) in [4.78, 5) is 16.7. The Labute approximate surface area is 159 Å². The summed E-state index contributed by atoms with van der Waals surface area (Å²) in [6, 6.07) is 12.9. The van der Waals surface area contributed by atoms with Gasteiger partial charge in [-0.2, -0.15) is 0 Å². The maximum atomic E-state index is 12.4. The third-order valence-corrected chi connectivity index (χ3v) is 6.84. The zero-order valence-electron chi connectivity index (χ0n) is 15.0. The van der Waals surface area contributed by atoms with E-state index in [0.717, 1.165) is 9.87 Å². The second-order valence-electron chi connectivity index (χ2n) is 5.84. The van der Waals surface area contributed by atoms with Gasteiger partial charge in [0.25, 0.3) is 0 Å². The number of thioether (sulfide) groups is 1. The molecule has 6 nitrogen and oxygen atoms in total. The standard InChI is InChI=1S/C18H23N3O3S2/c1-4-16(18(22)20-12-14-8-6-5-7-9-14)25-17-11-10-15(13-19-17)26(23,24)21(2)3/h5-11,13,16H,4,12H2,1-3H3,(H,20,22)/t16-/m1/s1. The lowest BCUT2D eigenvalue weighted by atomic mass is 10.2. The Hall–Kier alpha value is -1.90. The molecule has 2 aromatic rings. The van der Waals surface area contributed by atoms with Gasteiger partial charge in [0, 0.05) is 26.8 Å². The second-order valence-corrected chi connectivity index (χ2v) is 9.21. The minimum atomic E-state index is -3.50. The predicted molar refractivity (Wildman–Crippen MR) is 103 cm³/mol. The molecule has 140 valence electrons. The number of aromatic nitrogens is 1. The van der Waals surface area contributed by atoms with Gasteiger partial charge < -0.3 is 5.32 Å². The van der Waals surface area contributed by atoms with Gasteiger partial charge in [0.2, 0.25) is 15.9 Å². The quantitative estimate of drug-likeness (QED) is 0.697. The smallest absolute Gasteiger partial charge is 0.244 e. The number of rotatable bonds is 8. The molecule has 1 aromatic heterocycles. The van der Waals surface area contributed by atoms with Gasteiger partial charge in [-0.25, -0.2) is 17.7 Å². The first kappa shape index (κ1) is 20.4. The normalized spacial score (nSPS) is 12.8. The van der Waals surface area contributed by atoms with Crippen LogP contribution in [-0.4, -0.2) is 43.0 Å². The van der Waals surface area contributed by atoms with Crippen LogP contribution in [0.3, 0.4) is 0 Å². The van der Waals surface area contributed by atoms with Gasteiger partial charge in [-0.15, -0.1) is 0 Å². The van der Waals surface area contributed by atoms with Crippen molar-refractivity contribution in [3.8, 4) is 0 Å². The molecule has 0 spiro atoms. The molecule has 0 saturated carbocycles. The zero-order valence-corrected chi connectivity index (χ0v) is 16.7. The molecule has 1 amide bonds. The first-order chi connectivity index (χ1) is 12.3. The van der Waals surface area contributed by atoms with Gasteiger partial charge in [-0.1, -0.05) is 49.0 Å². The minimum absolute atomic E-state index is 0.0619. The number of hydrogen-bond donors (Lipinski definition) is 1. The number of benzene rings is 1. The lowest BCUT2D eigenvalue weighted by Gasteiger charge is -2.15. The fourth-order valence-corrected chi connectivity index (χ4v) is 3.92. The largest absolute Gasteiger partial charge is 0.351 e. The summed E-state index contributed by atoms with van der Waals surface area (Å²) in [5.41, 5.74) is 1.04. The highest BCUT2D eigenvalue weighted by molar-refractivity contribution is 8.00. The van der Waals surface area contributed by atoms with Crippen LogP contribution in [0.15, 0.2) is 58.6 Å². The van der Waals surface area contributed by atoms with Crippen LogP contribution in [0.2, 0.25) is 0 Å². The Balaban J connectivity index is 1.99. The van der Waals surface area contributed by atoms with Crippen LogP contribution < -0.4 is 5.32 Å². The van der Waals surface area contributed by atoms with Crippen LogP contribution in [0, 0.1) is 0 Å². The van der Waals surface area contributed by atoms with E-state index in [4.69, 9.17) is 0 Å². The van der Waals surface area contributed by atoms with Crippen molar-refractivity contribution in [2.45, 2.75) is 35.1 Å². The average Bonchev–Trinajstić information content (AvgIpc) is 2.65. The predicted octanol–water partition coefficient (Wildman–Crippen LogP) is 2.52. The molecule has 0 unspecified atom stereocenters. The van der Waals surface area contributed by atoms with E-state index in [2.05, 4.69) is 10.3 Å². The molecule has 1 heterocycles. The van der Waals surface area contributed by atoms with Crippen LogP contribution in [0.1, 0.15) is 18.9 Å². The van der Waals surface area contributed by atoms with E-state index in [0.29, 0.717) is 18.0 Å². The monoisotopic (exact) mass is 393 g/mol. The van der Waals surface area contributed by atoms with Crippen LogP contribution in [0.5, 0.6) is 0 Å². The zero-order chi connectivity index (χ0) is 19.2. The summed E-state index contributed by atoms with van der Waals surface area (Å²) in [6.45, 7) is 2.41. The van der Waals surface area contributed by atoms with Gasteiger partial charge in [-0.3, -0.25) is 4.79 Å². The molecular formula is C18H23N3O3S2. The number of nitrogens with one attached hydrogen (secondary N) is 1. The summed E-state index contributed by atoms with van der Waals surface area (Å²) in [6.07, 6.45) is 1.97.